The molecule has 0 radical (unpaired) electrons. The summed E-state index contributed by atoms with van der Waals surface area (Å²) in [5, 5.41) is 16.9. The number of carbonyl (C=O) groups is 2. The Morgan fingerprint density at radius 3 is 1.29 bits per heavy atom. The molecule has 0 saturated carbocycles. The minimum atomic E-state index is -1.06. The molecular formula is C9H9NaO4. The Balaban J connectivity index is 0.000000791. The second-order valence-corrected chi connectivity index (χ2v) is 2.19. The molecule has 0 heterocycles. The first-order valence-electron chi connectivity index (χ1n) is 4.18. The van der Waals surface area contributed by atoms with Gasteiger partial charge in [0, 0.05) is 0 Å². The number of carboxylic acid groups (broad SMARTS) is 2. The van der Waals surface area contributed by atoms with Gasteiger partial charge in [-0.1, -0.05) is 0 Å². The zero-order valence-corrected chi connectivity index (χ0v) is 10.0. The van der Waals surface area contributed by atoms with Crippen LogP contribution in [-0.2, 0) is 0 Å². The quantitative estimate of drug-likeness (QED) is 0.711. The van der Waals surface area contributed by atoms with Crippen LogP contribution in [0.2, 0.25) is 4.17 Å². The Morgan fingerprint density at radius 1 is 0.929 bits per heavy atom. The summed E-state index contributed by atoms with van der Waals surface area (Å²) in [6.07, 6.45) is 0. The van der Waals surface area contributed by atoms with Gasteiger partial charge in [0.15, 0.2) is 0 Å². The predicted octanol–water partition coefficient (Wildman–Crippen LogP) is 1.29. The predicted molar refractivity (Wildman–Crippen MR) is 52.0 cm³/mol. The van der Waals surface area contributed by atoms with E-state index in [1.807, 2.05) is 0 Å². The van der Waals surface area contributed by atoms with Crippen molar-refractivity contribution in [2.45, 2.75) is 4.17 Å². The number of carboxylic acids is 2. The minimum absolute atomic E-state index is 0.0833. The summed E-state index contributed by atoms with van der Waals surface area (Å²) < 4.78 is 2.14. The van der Waals surface area contributed by atoms with Crippen molar-refractivity contribution in [2.75, 3.05) is 0 Å². The maximum atomic E-state index is 10.3. The Labute approximate surface area is 99.0 Å². The van der Waals surface area contributed by atoms with Crippen LogP contribution in [0.15, 0.2) is 24.3 Å². The van der Waals surface area contributed by atoms with Crippen LogP contribution in [-0.4, -0.2) is 50.1 Å². The third-order valence-electron chi connectivity index (χ3n) is 1.38. The number of rotatable bonds is 2. The molecule has 0 amide bonds. The second-order valence-electron chi connectivity index (χ2n) is 2.19. The molecule has 0 spiro atoms. The van der Waals surface area contributed by atoms with Crippen molar-refractivity contribution in [3.8, 4) is 0 Å². The van der Waals surface area contributed by atoms with Crippen LogP contribution in [0.25, 0.3) is 0 Å². The maximum absolute atomic E-state index is 10.3. The molecular weight excluding hydrogens is 195 g/mol. The van der Waals surface area contributed by atoms with Crippen molar-refractivity contribution in [2.24, 2.45) is 0 Å². The zero-order chi connectivity index (χ0) is 11.1. The van der Waals surface area contributed by atoms with E-state index in [0.29, 0.717) is 0 Å². The standard InChI is InChI=1S/C8H6O4.CH3.Na/c9-7(10)5-1-2-6(4-3-5)8(11)12;;/h1-4H,(H,9,10)(H,11,12);1H3;. The molecule has 14 heavy (non-hydrogen) atoms. The van der Waals surface area contributed by atoms with Crippen molar-refractivity contribution < 1.29 is 19.8 Å². The van der Waals surface area contributed by atoms with E-state index in [1.165, 1.54) is 52.2 Å². The van der Waals surface area contributed by atoms with Crippen LogP contribution in [0.4, 0.5) is 0 Å². The third kappa shape index (κ3) is 3.91. The molecule has 0 unspecified atom stereocenters. The van der Waals surface area contributed by atoms with Crippen LogP contribution in [0, 0.1) is 0 Å². The third-order valence-corrected chi connectivity index (χ3v) is 1.38. The van der Waals surface area contributed by atoms with E-state index >= 15 is 0 Å². The summed E-state index contributed by atoms with van der Waals surface area (Å²) >= 11 is 1.31. The van der Waals surface area contributed by atoms with Gasteiger partial charge in [-0.2, -0.15) is 0 Å². The van der Waals surface area contributed by atoms with Gasteiger partial charge in [0.25, 0.3) is 0 Å². The molecule has 0 bridgehead atoms. The molecule has 0 atom stereocenters. The Kier molecular flexibility index (Phi) is 6.19. The van der Waals surface area contributed by atoms with Gasteiger partial charge in [-0.25, -0.2) is 9.59 Å². The fourth-order valence-corrected chi connectivity index (χ4v) is 0.755. The molecule has 0 aromatic heterocycles. The van der Waals surface area contributed by atoms with Gasteiger partial charge in [0.05, 0.1) is 11.1 Å². The summed E-state index contributed by atoms with van der Waals surface area (Å²) in [7, 11) is 0. The van der Waals surface area contributed by atoms with E-state index < -0.39 is 11.9 Å². The molecule has 0 aliphatic heterocycles. The van der Waals surface area contributed by atoms with Crippen molar-refractivity contribution in [1.29, 1.82) is 0 Å². The van der Waals surface area contributed by atoms with Gasteiger partial charge in [-0.05, 0) is 24.3 Å². The molecule has 0 aliphatic rings. The summed E-state index contributed by atoms with van der Waals surface area (Å²) in [6.45, 7) is 0. The molecule has 4 nitrogen and oxygen atoms in total. The Hall–Kier alpha value is -0.840. The second kappa shape index (κ2) is 6.59. The fourth-order valence-electron chi connectivity index (χ4n) is 0.755. The summed E-state index contributed by atoms with van der Waals surface area (Å²) in [6, 6.07) is 5.02. The van der Waals surface area contributed by atoms with Crippen molar-refractivity contribution >= 4 is 39.9 Å². The fraction of sp³-hybridized carbons (Fsp3) is 0.111. The number of hydrogen-bond acceptors (Lipinski definition) is 2. The van der Waals surface area contributed by atoms with Gasteiger partial charge in [0.1, 0.15) is 0 Å². The first-order valence-corrected chi connectivity index (χ1v) is 6.18. The monoisotopic (exact) mass is 204 g/mol. The van der Waals surface area contributed by atoms with Gasteiger partial charge >= 0.3 is 44.0 Å². The van der Waals surface area contributed by atoms with Crippen LogP contribution in [0.5, 0.6) is 0 Å². The average Bonchev–Trinajstić information content (AvgIpc) is 2.21. The van der Waals surface area contributed by atoms with E-state index in [2.05, 4.69) is 4.17 Å². The molecule has 1 rings (SSSR count). The Bertz CT molecular complexity index is 285. The number of aromatic carboxylic acids is 2. The molecule has 70 valence electrons. The number of benzene rings is 1. The Morgan fingerprint density at radius 2 is 1.14 bits per heavy atom. The van der Waals surface area contributed by atoms with E-state index in [-0.39, 0.29) is 11.1 Å². The number of hydrogen-bond donors (Lipinski definition) is 2. The first-order chi connectivity index (χ1) is 6.61. The zero-order valence-electron chi connectivity index (χ0n) is 8.02. The SMILES string of the molecule is O=C(O)c1ccc(C(=O)O)cc1.[CH3][Na]. The van der Waals surface area contributed by atoms with E-state index in [4.69, 9.17) is 10.2 Å². The molecule has 1 aromatic rings. The van der Waals surface area contributed by atoms with Gasteiger partial charge in [0.2, 0.25) is 0 Å². The van der Waals surface area contributed by atoms with Crippen molar-refractivity contribution in [3.05, 3.63) is 35.4 Å². The van der Waals surface area contributed by atoms with Gasteiger partial charge in [-0.3, -0.25) is 0 Å². The van der Waals surface area contributed by atoms with Crippen LogP contribution in [0.1, 0.15) is 20.7 Å². The van der Waals surface area contributed by atoms with E-state index in [0.717, 1.165) is 0 Å². The normalized spacial score (nSPS) is 8.50. The summed E-state index contributed by atoms with van der Waals surface area (Å²) in [4.78, 5) is 20.7. The molecule has 0 fully saturated rings. The first kappa shape index (κ1) is 13.2. The molecule has 1 aromatic carbocycles. The van der Waals surface area contributed by atoms with E-state index in [1.54, 1.807) is 0 Å². The summed E-state index contributed by atoms with van der Waals surface area (Å²) in [5.74, 6) is -2.13. The van der Waals surface area contributed by atoms with Crippen LogP contribution < -0.4 is 0 Å². The summed E-state index contributed by atoms with van der Waals surface area (Å²) in [5.41, 5.74) is 0.167. The average molecular weight is 204 g/mol. The molecule has 0 aliphatic carbocycles. The van der Waals surface area contributed by atoms with Gasteiger partial charge < -0.3 is 10.2 Å². The van der Waals surface area contributed by atoms with Crippen molar-refractivity contribution in [3.63, 3.8) is 0 Å². The van der Waals surface area contributed by atoms with Gasteiger partial charge in [-0.15, -0.1) is 0 Å². The van der Waals surface area contributed by atoms with Crippen LogP contribution in [0.3, 0.4) is 0 Å². The van der Waals surface area contributed by atoms with E-state index in [9.17, 15) is 9.59 Å². The van der Waals surface area contributed by atoms with Crippen LogP contribution >= 0.6 is 0 Å². The van der Waals surface area contributed by atoms with Crippen molar-refractivity contribution in [1.82, 2.24) is 0 Å². The topological polar surface area (TPSA) is 74.6 Å². The molecule has 2 N–H and O–H groups in total. The molecule has 0 saturated heterocycles. The molecule has 5 heteroatoms.